The zero-order chi connectivity index (χ0) is 18.2. The summed E-state index contributed by atoms with van der Waals surface area (Å²) in [6, 6.07) is 8.23. The fourth-order valence-electron chi connectivity index (χ4n) is 3.72. The molecule has 25 heavy (non-hydrogen) atoms. The largest absolute Gasteiger partial charge is 0.339 e. The van der Waals surface area contributed by atoms with Crippen LogP contribution in [0.25, 0.3) is 0 Å². The van der Waals surface area contributed by atoms with Crippen molar-refractivity contribution in [2.24, 2.45) is 0 Å². The first-order valence-corrected chi connectivity index (χ1v) is 11.8. The summed E-state index contributed by atoms with van der Waals surface area (Å²) in [5.74, 6) is -0.309. The van der Waals surface area contributed by atoms with Gasteiger partial charge < -0.3 is 4.90 Å². The maximum atomic E-state index is 12.6. The minimum Gasteiger partial charge on any atom is -0.339 e. The first kappa shape index (κ1) is 18.3. The zero-order valence-electron chi connectivity index (χ0n) is 14.0. The van der Waals surface area contributed by atoms with Crippen molar-refractivity contribution < 1.29 is 21.6 Å². The lowest BCUT2D eigenvalue weighted by atomic mass is 10.1. The van der Waals surface area contributed by atoms with Crippen LogP contribution in [0, 0.1) is 0 Å². The van der Waals surface area contributed by atoms with E-state index in [1.54, 1.807) is 29.2 Å². The molecule has 3 rings (SSSR count). The van der Waals surface area contributed by atoms with Gasteiger partial charge in [-0.05, 0) is 25.0 Å². The van der Waals surface area contributed by atoms with Crippen molar-refractivity contribution in [1.29, 1.82) is 0 Å². The number of sulfonamides is 1. The van der Waals surface area contributed by atoms with E-state index in [9.17, 15) is 21.6 Å². The highest BCUT2D eigenvalue weighted by Gasteiger charge is 2.46. The van der Waals surface area contributed by atoms with Gasteiger partial charge in [0.25, 0.3) is 5.91 Å². The van der Waals surface area contributed by atoms with Crippen molar-refractivity contribution in [3.8, 4) is 0 Å². The summed E-state index contributed by atoms with van der Waals surface area (Å²) in [7, 11) is -6.85. The minimum atomic E-state index is -3.49. The average molecular weight is 386 g/mol. The molecule has 0 spiro atoms. The van der Waals surface area contributed by atoms with Crippen molar-refractivity contribution in [2.75, 3.05) is 31.6 Å². The Labute approximate surface area is 148 Å². The van der Waals surface area contributed by atoms with Crippen LogP contribution in [0.3, 0.4) is 0 Å². The number of benzene rings is 1. The van der Waals surface area contributed by atoms with Gasteiger partial charge in [0.15, 0.2) is 9.84 Å². The summed E-state index contributed by atoms with van der Waals surface area (Å²) in [6.07, 6.45) is 1.70. The second-order valence-corrected chi connectivity index (χ2v) is 10.9. The topological polar surface area (TPSA) is 91.8 Å². The fourth-order valence-corrected chi connectivity index (χ4v) is 7.06. The van der Waals surface area contributed by atoms with Gasteiger partial charge >= 0.3 is 0 Å². The van der Waals surface area contributed by atoms with Crippen molar-refractivity contribution in [3.05, 3.63) is 35.9 Å². The van der Waals surface area contributed by atoms with Gasteiger partial charge in [-0.3, -0.25) is 4.79 Å². The fraction of sp³-hybridized carbons (Fsp3) is 0.562. The van der Waals surface area contributed by atoms with Crippen molar-refractivity contribution in [3.63, 3.8) is 0 Å². The highest BCUT2D eigenvalue weighted by Crippen LogP contribution is 2.30. The number of carbonyl (C=O) groups is 1. The Morgan fingerprint density at radius 2 is 1.72 bits per heavy atom. The van der Waals surface area contributed by atoms with Gasteiger partial charge in [-0.25, -0.2) is 16.8 Å². The number of hydrogen-bond acceptors (Lipinski definition) is 5. The number of likely N-dealkylation sites (tertiary alicyclic amines) is 1. The molecular weight excluding hydrogens is 364 g/mol. The molecule has 2 aliphatic heterocycles. The molecule has 0 aromatic heterocycles. The van der Waals surface area contributed by atoms with Crippen molar-refractivity contribution in [2.45, 2.75) is 24.1 Å². The molecule has 138 valence electrons. The van der Waals surface area contributed by atoms with Crippen LogP contribution in [-0.2, 0) is 19.9 Å². The molecule has 9 heteroatoms. The standard InChI is InChI=1S/C16H22N2O5S2/c1-24(20,21)18-11-12-25(22,23)15-8-10-17(9-7-14(15)18)16(19)13-5-3-2-4-6-13/h2-6,14-15H,7-12H2,1H3/t14-,15+/m0/s1. The lowest BCUT2D eigenvalue weighted by Crippen LogP contribution is -2.56. The molecule has 0 aliphatic carbocycles. The van der Waals surface area contributed by atoms with E-state index in [4.69, 9.17) is 0 Å². The van der Waals surface area contributed by atoms with E-state index in [1.807, 2.05) is 6.07 Å². The summed E-state index contributed by atoms with van der Waals surface area (Å²) in [6.45, 7) is 0.650. The Kier molecular flexibility index (Phi) is 4.91. The molecule has 2 saturated heterocycles. The summed E-state index contributed by atoms with van der Waals surface area (Å²) in [5, 5.41) is -0.746. The smallest absolute Gasteiger partial charge is 0.253 e. The SMILES string of the molecule is CS(=O)(=O)N1CCS(=O)(=O)[C@@H]2CCN(C(=O)c3ccccc3)CC[C@@H]21. The molecule has 2 atom stereocenters. The average Bonchev–Trinajstić information content (AvgIpc) is 2.77. The number of fused-ring (bicyclic) bond motifs is 1. The van der Waals surface area contributed by atoms with Gasteiger partial charge in [0.1, 0.15) is 0 Å². The Morgan fingerprint density at radius 3 is 2.36 bits per heavy atom. The molecule has 0 saturated carbocycles. The van der Waals surface area contributed by atoms with E-state index in [-0.39, 0.29) is 24.6 Å². The second-order valence-electron chi connectivity index (χ2n) is 6.58. The third-order valence-corrected chi connectivity index (χ3v) is 8.50. The Morgan fingerprint density at radius 1 is 1.08 bits per heavy atom. The van der Waals surface area contributed by atoms with Gasteiger partial charge in [0.2, 0.25) is 10.0 Å². The Bertz CT molecular complexity index is 852. The predicted octanol–water partition coefficient (Wildman–Crippen LogP) is 0.350. The van der Waals surface area contributed by atoms with Crippen LogP contribution in [0.2, 0.25) is 0 Å². The zero-order valence-corrected chi connectivity index (χ0v) is 15.7. The number of rotatable bonds is 2. The minimum absolute atomic E-state index is 0.00500. The monoisotopic (exact) mass is 386 g/mol. The molecule has 0 unspecified atom stereocenters. The van der Waals surface area contributed by atoms with Gasteiger partial charge in [-0.2, -0.15) is 4.31 Å². The van der Waals surface area contributed by atoms with E-state index >= 15 is 0 Å². The number of sulfone groups is 1. The van der Waals surface area contributed by atoms with Crippen molar-refractivity contribution >= 4 is 25.8 Å². The van der Waals surface area contributed by atoms with Crippen LogP contribution in [0.15, 0.2) is 30.3 Å². The molecule has 2 heterocycles. The number of hydrogen-bond donors (Lipinski definition) is 0. The van der Waals surface area contributed by atoms with Crippen LogP contribution >= 0.6 is 0 Å². The summed E-state index contributed by atoms with van der Waals surface area (Å²) in [5.41, 5.74) is 0.551. The molecule has 2 aliphatic rings. The van der Waals surface area contributed by atoms with Gasteiger partial charge in [-0.1, -0.05) is 18.2 Å². The van der Waals surface area contributed by atoms with Gasteiger partial charge in [-0.15, -0.1) is 0 Å². The van der Waals surface area contributed by atoms with E-state index in [0.717, 1.165) is 6.26 Å². The first-order chi connectivity index (χ1) is 11.7. The maximum Gasteiger partial charge on any atom is 0.253 e. The lowest BCUT2D eigenvalue weighted by Gasteiger charge is -2.38. The third kappa shape index (κ3) is 3.73. The van der Waals surface area contributed by atoms with Crippen LogP contribution in [0.5, 0.6) is 0 Å². The van der Waals surface area contributed by atoms with Crippen LogP contribution < -0.4 is 0 Å². The lowest BCUT2D eigenvalue weighted by molar-refractivity contribution is 0.0760. The summed E-state index contributed by atoms with van der Waals surface area (Å²) in [4.78, 5) is 14.3. The second kappa shape index (κ2) is 6.69. The number of amides is 1. The third-order valence-electron chi connectivity index (χ3n) is 4.97. The molecular formula is C16H22N2O5S2. The molecule has 1 amide bonds. The molecule has 0 bridgehead atoms. The van der Waals surface area contributed by atoms with E-state index in [2.05, 4.69) is 0 Å². The maximum absolute atomic E-state index is 12.6. The van der Waals surface area contributed by atoms with E-state index < -0.39 is 31.2 Å². The van der Waals surface area contributed by atoms with E-state index in [1.165, 1.54) is 4.31 Å². The summed E-state index contributed by atoms with van der Waals surface area (Å²) >= 11 is 0. The van der Waals surface area contributed by atoms with Crippen LogP contribution in [0.1, 0.15) is 23.2 Å². The molecule has 1 aromatic rings. The van der Waals surface area contributed by atoms with Crippen LogP contribution in [-0.4, -0.2) is 74.9 Å². The van der Waals surface area contributed by atoms with E-state index in [0.29, 0.717) is 25.1 Å². The van der Waals surface area contributed by atoms with Gasteiger partial charge in [0.05, 0.1) is 17.3 Å². The molecule has 7 nitrogen and oxygen atoms in total. The van der Waals surface area contributed by atoms with Crippen LogP contribution in [0.4, 0.5) is 0 Å². The number of carbonyl (C=O) groups excluding carboxylic acids is 1. The molecule has 0 N–H and O–H groups in total. The summed E-state index contributed by atoms with van der Waals surface area (Å²) < 4.78 is 50.3. The highest BCUT2D eigenvalue weighted by molar-refractivity contribution is 7.92. The molecule has 2 fully saturated rings. The number of nitrogens with zero attached hydrogens (tertiary/aromatic N) is 2. The predicted molar refractivity (Wildman–Crippen MR) is 94.5 cm³/mol. The Balaban J connectivity index is 1.86. The van der Waals surface area contributed by atoms with Gasteiger partial charge in [0, 0.05) is 31.2 Å². The van der Waals surface area contributed by atoms with Crippen molar-refractivity contribution in [1.82, 2.24) is 9.21 Å². The molecule has 0 radical (unpaired) electrons. The first-order valence-electron chi connectivity index (χ1n) is 8.23. The molecule has 1 aromatic carbocycles. The highest BCUT2D eigenvalue weighted by atomic mass is 32.2. The normalized spacial score (nSPS) is 27.3. The Hall–Kier alpha value is -1.45. The quantitative estimate of drug-likeness (QED) is 0.731.